The van der Waals surface area contributed by atoms with Crippen LogP contribution in [0.15, 0.2) is 12.2 Å². The summed E-state index contributed by atoms with van der Waals surface area (Å²) in [6, 6.07) is 0. The molecule has 0 bridgehead atoms. The van der Waals surface area contributed by atoms with Crippen molar-refractivity contribution in [2.75, 3.05) is 47.5 Å². The SMILES string of the molecule is CCCCCCCCCC/C=C/CCCCCC(=O)OC[C@H](COP(=O)([O-])OCC[N+](C)(C)C)OC(=O)CCCCCCCCCCCCCCCCCCC. The quantitative estimate of drug-likeness (QED) is 0.0197. The van der Waals surface area contributed by atoms with Gasteiger partial charge < -0.3 is 27.9 Å². The lowest BCUT2D eigenvalue weighted by Gasteiger charge is -2.28. The van der Waals surface area contributed by atoms with E-state index >= 15 is 0 Å². The molecule has 0 rings (SSSR count). The van der Waals surface area contributed by atoms with E-state index in [1.54, 1.807) is 0 Å². The number of hydrogen-bond donors (Lipinski definition) is 0. The average Bonchev–Trinajstić information content (AvgIpc) is 3.15. The largest absolute Gasteiger partial charge is 0.756 e. The maximum absolute atomic E-state index is 12.7. The Kier molecular flexibility index (Phi) is 38.3. The number of rotatable bonds is 43. The minimum absolute atomic E-state index is 0.0297. The van der Waals surface area contributed by atoms with E-state index in [4.69, 9.17) is 18.5 Å². The van der Waals surface area contributed by atoms with Crippen LogP contribution in [0.2, 0.25) is 0 Å². The number of hydrogen-bond acceptors (Lipinski definition) is 8. The van der Waals surface area contributed by atoms with Gasteiger partial charge in [-0.25, -0.2) is 0 Å². The van der Waals surface area contributed by atoms with Crippen LogP contribution in [0.4, 0.5) is 0 Å². The Morgan fingerprint density at radius 1 is 0.536 bits per heavy atom. The maximum Gasteiger partial charge on any atom is 0.306 e. The molecule has 0 aliphatic rings. The fourth-order valence-corrected chi connectivity index (χ4v) is 7.32. The smallest absolute Gasteiger partial charge is 0.306 e. The van der Waals surface area contributed by atoms with Crippen molar-refractivity contribution in [2.45, 2.75) is 225 Å². The van der Waals surface area contributed by atoms with Crippen LogP contribution in [0.1, 0.15) is 219 Å². The molecule has 0 radical (unpaired) electrons. The second-order valence-electron chi connectivity index (χ2n) is 17.1. The summed E-state index contributed by atoms with van der Waals surface area (Å²) in [4.78, 5) is 37.6. The number of phosphoric acid groups is 1. The van der Waals surface area contributed by atoms with E-state index in [1.807, 2.05) is 21.1 Å². The third-order valence-corrected chi connectivity index (χ3v) is 11.2. The van der Waals surface area contributed by atoms with E-state index in [1.165, 1.54) is 141 Å². The monoisotopic (exact) mass is 816 g/mol. The zero-order chi connectivity index (χ0) is 41.4. The second-order valence-corrected chi connectivity index (χ2v) is 18.5. The van der Waals surface area contributed by atoms with Crippen LogP contribution in [0.3, 0.4) is 0 Å². The molecule has 2 atom stereocenters. The maximum atomic E-state index is 12.7. The van der Waals surface area contributed by atoms with E-state index in [0.717, 1.165) is 38.5 Å². The Balaban J connectivity index is 4.31. The molecule has 0 fully saturated rings. The van der Waals surface area contributed by atoms with Gasteiger partial charge in [0.05, 0.1) is 27.7 Å². The van der Waals surface area contributed by atoms with Gasteiger partial charge >= 0.3 is 11.9 Å². The van der Waals surface area contributed by atoms with Crippen molar-refractivity contribution >= 4 is 19.8 Å². The van der Waals surface area contributed by atoms with E-state index in [9.17, 15) is 19.0 Å². The highest BCUT2D eigenvalue weighted by Gasteiger charge is 2.21. The molecule has 0 aliphatic carbocycles. The normalized spacial score (nSPS) is 13.6. The minimum Gasteiger partial charge on any atom is -0.756 e. The second kappa shape index (κ2) is 39.2. The summed E-state index contributed by atoms with van der Waals surface area (Å²) in [5.41, 5.74) is 0. The first-order valence-corrected chi connectivity index (χ1v) is 24.9. The Labute approximate surface area is 346 Å². The predicted molar refractivity (Wildman–Crippen MR) is 231 cm³/mol. The van der Waals surface area contributed by atoms with Crippen LogP contribution in [-0.2, 0) is 32.7 Å². The molecule has 1 unspecified atom stereocenters. The molecule has 0 saturated carbocycles. The first-order valence-electron chi connectivity index (χ1n) is 23.4. The van der Waals surface area contributed by atoms with Gasteiger partial charge in [-0.05, 0) is 38.5 Å². The number of unbranched alkanes of at least 4 members (excludes halogenated alkanes) is 27. The van der Waals surface area contributed by atoms with Gasteiger partial charge in [0.2, 0.25) is 0 Å². The van der Waals surface area contributed by atoms with Crippen LogP contribution in [0.25, 0.3) is 0 Å². The van der Waals surface area contributed by atoms with Crippen LogP contribution in [-0.4, -0.2) is 70.0 Å². The minimum atomic E-state index is -4.62. The lowest BCUT2D eigenvalue weighted by molar-refractivity contribution is -0.870. The van der Waals surface area contributed by atoms with Gasteiger partial charge in [-0.15, -0.1) is 0 Å². The highest BCUT2D eigenvalue weighted by atomic mass is 31.2. The number of quaternary nitrogens is 1. The van der Waals surface area contributed by atoms with Crippen molar-refractivity contribution in [3.63, 3.8) is 0 Å². The lowest BCUT2D eigenvalue weighted by Crippen LogP contribution is -2.37. The van der Waals surface area contributed by atoms with Crippen molar-refractivity contribution in [1.82, 2.24) is 0 Å². The molecule has 0 heterocycles. The summed E-state index contributed by atoms with van der Waals surface area (Å²) < 4.78 is 33.9. The summed E-state index contributed by atoms with van der Waals surface area (Å²) in [7, 11) is 1.17. The first-order chi connectivity index (χ1) is 27.0. The standard InChI is InChI=1S/C46H90NO8P/c1-6-8-10-12-14-16-18-20-22-23-25-27-29-31-33-35-37-39-46(49)55-44(43-54-56(50,51)53-41-40-47(3,4)5)42-52-45(48)38-36-34-32-30-28-26-24-21-19-17-15-13-11-9-7-2/h26,28,44H,6-25,27,29-43H2,1-5H3/b28-26+/t44-/m1/s1. The molecule has 0 amide bonds. The van der Waals surface area contributed by atoms with Crippen LogP contribution >= 0.6 is 7.82 Å². The lowest BCUT2D eigenvalue weighted by atomic mass is 10.0. The topological polar surface area (TPSA) is 111 Å². The van der Waals surface area contributed by atoms with Crippen molar-refractivity contribution in [2.24, 2.45) is 0 Å². The molecule has 0 saturated heterocycles. The number of likely N-dealkylation sites (N-methyl/N-ethyl adjacent to an activating group) is 1. The molecule has 0 aromatic carbocycles. The number of allylic oxidation sites excluding steroid dienone is 2. The fourth-order valence-electron chi connectivity index (χ4n) is 6.59. The zero-order valence-corrected chi connectivity index (χ0v) is 38.2. The molecular weight excluding hydrogens is 725 g/mol. The summed E-state index contributed by atoms with van der Waals surface area (Å²) in [6.45, 7) is 4.24. The predicted octanol–water partition coefficient (Wildman–Crippen LogP) is 12.7. The van der Waals surface area contributed by atoms with Crippen LogP contribution in [0.5, 0.6) is 0 Å². The highest BCUT2D eigenvalue weighted by Crippen LogP contribution is 2.38. The highest BCUT2D eigenvalue weighted by molar-refractivity contribution is 7.45. The molecule has 10 heteroatoms. The van der Waals surface area contributed by atoms with Gasteiger partial charge in [0, 0.05) is 12.8 Å². The number of carbonyl (C=O) groups is 2. The third-order valence-electron chi connectivity index (χ3n) is 10.3. The van der Waals surface area contributed by atoms with E-state index in [0.29, 0.717) is 23.9 Å². The van der Waals surface area contributed by atoms with Crippen molar-refractivity contribution in [3.8, 4) is 0 Å². The molecule has 56 heavy (non-hydrogen) atoms. The molecule has 0 aromatic heterocycles. The van der Waals surface area contributed by atoms with E-state index in [2.05, 4.69) is 26.0 Å². The summed E-state index contributed by atoms with van der Waals surface area (Å²) in [6.07, 6.45) is 40.9. The number of phosphoric ester groups is 1. The Hall–Kier alpha value is -1.25. The van der Waals surface area contributed by atoms with Gasteiger partial charge in [0.15, 0.2) is 6.10 Å². The fraction of sp³-hybridized carbons (Fsp3) is 0.913. The number of nitrogens with zero attached hydrogens (tertiary/aromatic N) is 1. The number of carbonyl (C=O) groups excluding carboxylic acids is 2. The summed E-state index contributed by atoms with van der Waals surface area (Å²) >= 11 is 0. The summed E-state index contributed by atoms with van der Waals surface area (Å²) in [5.74, 6) is -0.841. The molecule has 0 aromatic rings. The number of ether oxygens (including phenoxy) is 2. The van der Waals surface area contributed by atoms with Gasteiger partial charge in [-0.1, -0.05) is 180 Å². The molecule has 332 valence electrons. The van der Waals surface area contributed by atoms with Gasteiger partial charge in [0.25, 0.3) is 7.82 Å². The number of esters is 2. The third kappa shape index (κ3) is 42.4. The van der Waals surface area contributed by atoms with E-state index in [-0.39, 0.29) is 26.1 Å². The van der Waals surface area contributed by atoms with Gasteiger partial charge in [-0.2, -0.15) is 0 Å². The van der Waals surface area contributed by atoms with Crippen LogP contribution in [0, 0.1) is 0 Å². The zero-order valence-electron chi connectivity index (χ0n) is 37.3. The van der Waals surface area contributed by atoms with Crippen molar-refractivity contribution in [1.29, 1.82) is 0 Å². The molecule has 0 spiro atoms. The molecule has 0 N–H and O–H groups in total. The Morgan fingerprint density at radius 3 is 1.34 bits per heavy atom. The Morgan fingerprint density at radius 2 is 0.911 bits per heavy atom. The van der Waals surface area contributed by atoms with Crippen molar-refractivity contribution in [3.05, 3.63) is 12.2 Å². The summed E-state index contributed by atoms with van der Waals surface area (Å²) in [5, 5.41) is 0. The molecular formula is C46H90NO8P. The van der Waals surface area contributed by atoms with Crippen LogP contribution < -0.4 is 4.89 Å². The van der Waals surface area contributed by atoms with Gasteiger partial charge in [-0.3, -0.25) is 14.2 Å². The molecule has 9 nitrogen and oxygen atoms in total. The Bertz CT molecular complexity index is 969. The van der Waals surface area contributed by atoms with Gasteiger partial charge in [0.1, 0.15) is 19.8 Å². The molecule has 0 aliphatic heterocycles. The van der Waals surface area contributed by atoms with Crippen molar-refractivity contribution < 1.29 is 42.1 Å². The van der Waals surface area contributed by atoms with E-state index < -0.39 is 32.5 Å². The first kappa shape index (κ1) is 54.8. The average molecular weight is 816 g/mol.